The highest BCUT2D eigenvalue weighted by atomic mass is 16.6. The van der Waals surface area contributed by atoms with E-state index in [4.69, 9.17) is 4.74 Å². The molecule has 0 spiro atoms. The molecular formula is C15H28N4O3. The van der Waals surface area contributed by atoms with Crippen LogP contribution in [-0.2, 0) is 4.74 Å². The van der Waals surface area contributed by atoms with Crippen molar-refractivity contribution in [1.29, 1.82) is 0 Å². The minimum Gasteiger partial charge on any atom is -0.450 e. The summed E-state index contributed by atoms with van der Waals surface area (Å²) in [7, 11) is 3.95. The van der Waals surface area contributed by atoms with Crippen LogP contribution in [0.15, 0.2) is 0 Å². The van der Waals surface area contributed by atoms with Crippen molar-refractivity contribution in [2.75, 3.05) is 46.9 Å². The van der Waals surface area contributed by atoms with Gasteiger partial charge in [0.2, 0.25) is 0 Å². The average molecular weight is 312 g/mol. The molecule has 7 nitrogen and oxygen atoms in total. The molecule has 0 aromatic carbocycles. The van der Waals surface area contributed by atoms with Crippen LogP contribution in [0.3, 0.4) is 0 Å². The number of amides is 3. The van der Waals surface area contributed by atoms with E-state index >= 15 is 0 Å². The molecule has 2 saturated heterocycles. The number of hydrogen-bond acceptors (Lipinski definition) is 4. The van der Waals surface area contributed by atoms with Crippen LogP contribution in [0.25, 0.3) is 0 Å². The molecule has 0 aliphatic carbocycles. The Kier molecular flexibility index (Phi) is 5.88. The predicted molar refractivity (Wildman–Crippen MR) is 83.8 cm³/mol. The fourth-order valence-corrected chi connectivity index (χ4v) is 3.09. The Morgan fingerprint density at radius 3 is 2.45 bits per heavy atom. The van der Waals surface area contributed by atoms with Gasteiger partial charge in [0.1, 0.15) is 0 Å². The molecular weight excluding hydrogens is 284 g/mol. The standard InChI is InChI=1S/C15H28N4O3/c1-4-22-15(21)19-9-5-12(6-10-19)16-14(20)18(3)13-7-8-17(2)11-13/h12-13H,4-11H2,1-3H3,(H,16,20). The first-order valence-corrected chi connectivity index (χ1v) is 8.14. The normalized spacial score (nSPS) is 23.4. The Bertz CT molecular complexity index is 396. The van der Waals surface area contributed by atoms with Crippen molar-refractivity contribution in [3.8, 4) is 0 Å². The highest BCUT2D eigenvalue weighted by Gasteiger charge is 2.29. The molecule has 2 aliphatic heterocycles. The zero-order chi connectivity index (χ0) is 16.1. The molecule has 7 heteroatoms. The second-order valence-electron chi connectivity index (χ2n) is 6.23. The van der Waals surface area contributed by atoms with Crippen LogP contribution in [0, 0.1) is 0 Å². The Morgan fingerprint density at radius 2 is 1.91 bits per heavy atom. The molecule has 0 radical (unpaired) electrons. The molecule has 0 aromatic heterocycles. The fraction of sp³-hybridized carbons (Fsp3) is 0.867. The molecule has 2 rings (SSSR count). The van der Waals surface area contributed by atoms with Crippen LogP contribution in [-0.4, -0.2) is 85.8 Å². The van der Waals surface area contributed by atoms with E-state index in [1.807, 2.05) is 11.9 Å². The quantitative estimate of drug-likeness (QED) is 0.843. The van der Waals surface area contributed by atoms with Crippen LogP contribution in [0.5, 0.6) is 0 Å². The summed E-state index contributed by atoms with van der Waals surface area (Å²) in [6.45, 7) is 5.46. The number of carbonyl (C=O) groups excluding carboxylic acids is 2. The zero-order valence-electron chi connectivity index (χ0n) is 13.9. The summed E-state index contributed by atoms with van der Waals surface area (Å²) in [6.07, 6.45) is 2.34. The van der Waals surface area contributed by atoms with E-state index < -0.39 is 0 Å². The van der Waals surface area contributed by atoms with Crippen molar-refractivity contribution in [2.24, 2.45) is 0 Å². The van der Waals surface area contributed by atoms with Crippen molar-refractivity contribution in [2.45, 2.75) is 38.3 Å². The molecule has 126 valence electrons. The minimum atomic E-state index is -0.251. The van der Waals surface area contributed by atoms with E-state index in [0.717, 1.165) is 32.4 Å². The number of hydrogen-bond donors (Lipinski definition) is 1. The second-order valence-corrected chi connectivity index (χ2v) is 6.23. The lowest BCUT2D eigenvalue weighted by atomic mass is 10.1. The van der Waals surface area contributed by atoms with Crippen molar-refractivity contribution in [1.82, 2.24) is 20.0 Å². The third-order valence-electron chi connectivity index (χ3n) is 4.58. The van der Waals surface area contributed by atoms with Gasteiger partial charge in [-0.05, 0) is 39.8 Å². The summed E-state index contributed by atoms with van der Waals surface area (Å²) in [5, 5.41) is 3.09. The van der Waals surface area contributed by atoms with E-state index in [-0.39, 0.29) is 18.2 Å². The monoisotopic (exact) mass is 312 g/mol. The van der Waals surface area contributed by atoms with Gasteiger partial charge in [-0.25, -0.2) is 9.59 Å². The zero-order valence-corrected chi connectivity index (χ0v) is 13.9. The van der Waals surface area contributed by atoms with Gasteiger partial charge >= 0.3 is 12.1 Å². The van der Waals surface area contributed by atoms with Crippen LogP contribution in [0.1, 0.15) is 26.2 Å². The van der Waals surface area contributed by atoms with Crippen molar-refractivity contribution in [3.05, 3.63) is 0 Å². The molecule has 22 heavy (non-hydrogen) atoms. The topological polar surface area (TPSA) is 65.1 Å². The third kappa shape index (κ3) is 4.25. The largest absolute Gasteiger partial charge is 0.450 e. The van der Waals surface area contributed by atoms with E-state index in [1.165, 1.54) is 0 Å². The van der Waals surface area contributed by atoms with Gasteiger partial charge in [0.25, 0.3) is 0 Å². The SMILES string of the molecule is CCOC(=O)N1CCC(NC(=O)N(C)C2CCN(C)C2)CC1. The lowest BCUT2D eigenvalue weighted by molar-refractivity contribution is 0.0950. The van der Waals surface area contributed by atoms with Crippen molar-refractivity contribution >= 4 is 12.1 Å². The number of carbonyl (C=O) groups is 2. The first-order valence-electron chi connectivity index (χ1n) is 8.14. The van der Waals surface area contributed by atoms with Crippen LogP contribution in [0.4, 0.5) is 9.59 Å². The van der Waals surface area contributed by atoms with Crippen molar-refractivity contribution < 1.29 is 14.3 Å². The smallest absolute Gasteiger partial charge is 0.409 e. The van der Waals surface area contributed by atoms with Gasteiger partial charge < -0.3 is 24.8 Å². The molecule has 2 heterocycles. The average Bonchev–Trinajstić information content (AvgIpc) is 2.94. The van der Waals surface area contributed by atoms with E-state index in [0.29, 0.717) is 25.7 Å². The molecule has 2 aliphatic rings. The van der Waals surface area contributed by atoms with Gasteiger partial charge in [-0.15, -0.1) is 0 Å². The van der Waals surface area contributed by atoms with E-state index in [2.05, 4.69) is 17.3 Å². The third-order valence-corrected chi connectivity index (χ3v) is 4.58. The summed E-state index contributed by atoms with van der Waals surface area (Å²) in [5.41, 5.74) is 0. The molecule has 1 atom stereocenters. The number of likely N-dealkylation sites (tertiary alicyclic amines) is 2. The number of likely N-dealkylation sites (N-methyl/N-ethyl adjacent to an activating group) is 2. The lowest BCUT2D eigenvalue weighted by Gasteiger charge is -2.33. The highest BCUT2D eigenvalue weighted by Crippen LogP contribution is 2.15. The summed E-state index contributed by atoms with van der Waals surface area (Å²) in [6, 6.07) is 0.430. The van der Waals surface area contributed by atoms with Gasteiger partial charge in [0.15, 0.2) is 0 Å². The number of ether oxygens (including phenoxy) is 1. The number of rotatable bonds is 3. The maximum atomic E-state index is 12.3. The summed E-state index contributed by atoms with van der Waals surface area (Å²) in [4.78, 5) is 29.7. The van der Waals surface area contributed by atoms with Gasteiger partial charge in [-0.3, -0.25) is 0 Å². The van der Waals surface area contributed by atoms with Gasteiger partial charge in [-0.2, -0.15) is 0 Å². The molecule has 1 unspecified atom stereocenters. The molecule has 0 bridgehead atoms. The Morgan fingerprint density at radius 1 is 1.23 bits per heavy atom. The van der Waals surface area contributed by atoms with Gasteiger partial charge in [0.05, 0.1) is 6.61 Å². The minimum absolute atomic E-state index is 0.00474. The van der Waals surface area contributed by atoms with Crippen LogP contribution in [0.2, 0.25) is 0 Å². The lowest BCUT2D eigenvalue weighted by Crippen LogP contribution is -2.51. The summed E-state index contributed by atoms with van der Waals surface area (Å²) in [5.74, 6) is 0. The number of nitrogens with one attached hydrogen (secondary N) is 1. The molecule has 0 saturated carbocycles. The maximum Gasteiger partial charge on any atom is 0.409 e. The first kappa shape index (κ1) is 16.9. The first-order chi connectivity index (χ1) is 10.5. The Hall–Kier alpha value is -1.50. The summed E-state index contributed by atoms with van der Waals surface area (Å²) < 4.78 is 5.00. The highest BCUT2D eigenvalue weighted by molar-refractivity contribution is 5.74. The molecule has 2 fully saturated rings. The molecule has 0 aromatic rings. The second kappa shape index (κ2) is 7.67. The maximum absolute atomic E-state index is 12.3. The Balaban J connectivity index is 1.73. The van der Waals surface area contributed by atoms with Gasteiger partial charge in [-0.1, -0.05) is 0 Å². The van der Waals surface area contributed by atoms with Crippen LogP contribution >= 0.6 is 0 Å². The predicted octanol–water partition coefficient (Wildman–Crippen LogP) is 0.953. The molecule has 3 amide bonds. The van der Waals surface area contributed by atoms with Crippen molar-refractivity contribution in [3.63, 3.8) is 0 Å². The van der Waals surface area contributed by atoms with Crippen LogP contribution < -0.4 is 5.32 Å². The van der Waals surface area contributed by atoms with Gasteiger partial charge in [0, 0.05) is 38.8 Å². The fourth-order valence-electron chi connectivity index (χ4n) is 3.09. The number of nitrogens with zero attached hydrogens (tertiary/aromatic N) is 3. The summed E-state index contributed by atoms with van der Waals surface area (Å²) >= 11 is 0. The molecule has 1 N–H and O–H groups in total. The van der Waals surface area contributed by atoms with E-state index in [1.54, 1.807) is 11.8 Å². The van der Waals surface area contributed by atoms with E-state index in [9.17, 15) is 9.59 Å². The number of urea groups is 1. The number of piperidine rings is 1. The Labute approximate surface area is 132 Å².